The van der Waals surface area contributed by atoms with Gasteiger partial charge in [0.15, 0.2) is 5.78 Å². The number of benzene rings is 2. The molecule has 0 aliphatic carbocycles. The Labute approximate surface area is 125 Å². The Hall–Kier alpha value is -1.99. The van der Waals surface area contributed by atoms with Crippen LogP contribution in [0.3, 0.4) is 0 Å². The lowest BCUT2D eigenvalue weighted by atomic mass is 9.88. The van der Waals surface area contributed by atoms with E-state index < -0.39 is 11.7 Å². The summed E-state index contributed by atoms with van der Waals surface area (Å²) in [6.45, 7) is 0. The fourth-order valence-electron chi connectivity index (χ4n) is 2.01. The van der Waals surface area contributed by atoms with Crippen molar-refractivity contribution in [3.05, 3.63) is 69.9 Å². The van der Waals surface area contributed by atoms with E-state index in [9.17, 15) is 9.18 Å². The highest BCUT2D eigenvalue weighted by Crippen LogP contribution is 2.28. The van der Waals surface area contributed by atoms with Crippen LogP contribution in [0.1, 0.15) is 28.3 Å². The molecule has 2 aromatic carbocycles. The summed E-state index contributed by atoms with van der Waals surface area (Å²) in [6.07, 6.45) is 0.0613. The second-order valence-corrected chi connectivity index (χ2v) is 5.17. The van der Waals surface area contributed by atoms with Crippen LogP contribution in [0.15, 0.2) is 53.0 Å². The Bertz CT molecular complexity index is 664. The third kappa shape index (κ3) is 3.12. The van der Waals surface area contributed by atoms with Gasteiger partial charge < -0.3 is 0 Å². The molecule has 0 fully saturated rings. The van der Waals surface area contributed by atoms with Crippen molar-refractivity contribution in [2.75, 3.05) is 0 Å². The van der Waals surface area contributed by atoms with Gasteiger partial charge in [-0.05, 0) is 23.8 Å². The van der Waals surface area contributed by atoms with E-state index in [1.54, 1.807) is 12.1 Å². The van der Waals surface area contributed by atoms with Gasteiger partial charge in [0.1, 0.15) is 5.82 Å². The van der Waals surface area contributed by atoms with Gasteiger partial charge in [-0.2, -0.15) is 5.26 Å². The summed E-state index contributed by atoms with van der Waals surface area (Å²) in [7, 11) is 0. The molecule has 2 aromatic rings. The highest BCUT2D eigenvalue weighted by atomic mass is 79.9. The van der Waals surface area contributed by atoms with Gasteiger partial charge in [-0.3, -0.25) is 4.79 Å². The lowest BCUT2D eigenvalue weighted by Crippen LogP contribution is -2.13. The molecule has 0 saturated heterocycles. The first kappa shape index (κ1) is 14.4. The molecule has 4 heteroatoms. The SMILES string of the molecule is N#CCC(C(=O)c1cc(F)ccc1Br)c1ccccc1. The van der Waals surface area contributed by atoms with Gasteiger partial charge in [0.2, 0.25) is 0 Å². The number of rotatable bonds is 4. The lowest BCUT2D eigenvalue weighted by molar-refractivity contribution is 0.0959. The molecular weight excluding hydrogens is 321 g/mol. The Kier molecular flexibility index (Phi) is 4.65. The van der Waals surface area contributed by atoms with Gasteiger partial charge in [-0.15, -0.1) is 0 Å². The molecule has 2 rings (SSSR count). The smallest absolute Gasteiger partial charge is 0.172 e. The first-order valence-electron chi connectivity index (χ1n) is 6.04. The third-order valence-corrected chi connectivity index (χ3v) is 3.70. The predicted octanol–water partition coefficient (Wildman–Crippen LogP) is 4.47. The van der Waals surface area contributed by atoms with Gasteiger partial charge in [0.25, 0.3) is 0 Å². The Morgan fingerprint density at radius 2 is 1.95 bits per heavy atom. The monoisotopic (exact) mass is 331 g/mol. The topological polar surface area (TPSA) is 40.9 Å². The van der Waals surface area contributed by atoms with E-state index in [0.717, 1.165) is 5.56 Å². The highest BCUT2D eigenvalue weighted by Gasteiger charge is 2.23. The van der Waals surface area contributed by atoms with Crippen molar-refractivity contribution in [1.29, 1.82) is 5.26 Å². The summed E-state index contributed by atoms with van der Waals surface area (Å²) in [5.41, 5.74) is 1.02. The zero-order valence-corrected chi connectivity index (χ0v) is 12.1. The normalized spacial score (nSPS) is 11.7. The number of carbonyl (C=O) groups is 1. The highest BCUT2D eigenvalue weighted by molar-refractivity contribution is 9.10. The van der Waals surface area contributed by atoms with Crippen molar-refractivity contribution in [1.82, 2.24) is 0 Å². The van der Waals surface area contributed by atoms with E-state index >= 15 is 0 Å². The number of Topliss-reactive ketones (excluding diaryl/α,β-unsaturated/α-hetero) is 1. The molecule has 0 amide bonds. The van der Waals surface area contributed by atoms with Gasteiger partial charge in [-0.1, -0.05) is 46.3 Å². The summed E-state index contributed by atoms with van der Waals surface area (Å²) in [5.74, 6) is -1.32. The van der Waals surface area contributed by atoms with Gasteiger partial charge in [-0.25, -0.2) is 4.39 Å². The van der Waals surface area contributed by atoms with Crippen molar-refractivity contribution in [2.45, 2.75) is 12.3 Å². The van der Waals surface area contributed by atoms with Crippen LogP contribution in [0.4, 0.5) is 4.39 Å². The first-order chi connectivity index (χ1) is 9.63. The molecule has 0 aliphatic heterocycles. The van der Waals surface area contributed by atoms with E-state index in [4.69, 9.17) is 5.26 Å². The van der Waals surface area contributed by atoms with Crippen LogP contribution in [-0.2, 0) is 0 Å². The number of nitrogens with zero attached hydrogens (tertiary/aromatic N) is 1. The standard InChI is InChI=1S/C16H11BrFNO/c17-15-7-6-12(18)10-14(15)16(20)13(8-9-19)11-4-2-1-3-5-11/h1-7,10,13H,8H2. The van der Waals surface area contributed by atoms with Gasteiger partial charge in [0, 0.05) is 16.5 Å². The van der Waals surface area contributed by atoms with Gasteiger partial charge in [0.05, 0.1) is 12.0 Å². The minimum absolute atomic E-state index is 0.0613. The lowest BCUT2D eigenvalue weighted by Gasteiger charge is -2.14. The molecule has 0 radical (unpaired) electrons. The maximum atomic E-state index is 13.3. The molecule has 0 spiro atoms. The van der Waals surface area contributed by atoms with Crippen molar-refractivity contribution in [3.63, 3.8) is 0 Å². The van der Waals surface area contributed by atoms with Gasteiger partial charge >= 0.3 is 0 Å². The summed E-state index contributed by atoms with van der Waals surface area (Å²) >= 11 is 3.25. The minimum atomic E-state index is -0.584. The minimum Gasteiger partial charge on any atom is -0.293 e. The fourth-order valence-corrected chi connectivity index (χ4v) is 2.45. The second-order valence-electron chi connectivity index (χ2n) is 4.31. The van der Waals surface area contributed by atoms with Crippen LogP contribution in [-0.4, -0.2) is 5.78 Å². The van der Waals surface area contributed by atoms with Crippen molar-refractivity contribution in [3.8, 4) is 6.07 Å². The molecule has 1 unspecified atom stereocenters. The number of hydrogen-bond acceptors (Lipinski definition) is 2. The number of nitriles is 1. The van der Waals surface area contributed by atoms with E-state index in [1.807, 2.05) is 24.3 Å². The van der Waals surface area contributed by atoms with E-state index in [-0.39, 0.29) is 17.8 Å². The maximum Gasteiger partial charge on any atom is 0.172 e. The zero-order valence-electron chi connectivity index (χ0n) is 10.5. The van der Waals surface area contributed by atoms with Crippen LogP contribution in [0.2, 0.25) is 0 Å². The zero-order chi connectivity index (χ0) is 14.5. The quantitative estimate of drug-likeness (QED) is 0.775. The van der Waals surface area contributed by atoms with Crippen LogP contribution in [0.25, 0.3) is 0 Å². The molecule has 0 aliphatic rings. The Balaban J connectivity index is 2.42. The molecule has 100 valence electrons. The molecular formula is C16H11BrFNO. The number of carbonyl (C=O) groups excluding carboxylic acids is 1. The van der Waals surface area contributed by atoms with E-state index in [1.165, 1.54) is 18.2 Å². The largest absolute Gasteiger partial charge is 0.293 e. The molecule has 0 bridgehead atoms. The molecule has 0 aromatic heterocycles. The fraction of sp³-hybridized carbons (Fsp3) is 0.125. The molecule has 0 N–H and O–H groups in total. The number of ketones is 1. The molecule has 0 heterocycles. The average molecular weight is 332 g/mol. The van der Waals surface area contributed by atoms with Crippen molar-refractivity contribution >= 4 is 21.7 Å². The average Bonchev–Trinajstić information content (AvgIpc) is 2.47. The van der Waals surface area contributed by atoms with Crippen LogP contribution in [0, 0.1) is 17.1 Å². The summed E-state index contributed by atoms with van der Waals surface area (Å²) in [6, 6.07) is 15.1. The molecule has 2 nitrogen and oxygen atoms in total. The third-order valence-electron chi connectivity index (χ3n) is 3.01. The van der Waals surface area contributed by atoms with Crippen LogP contribution < -0.4 is 0 Å². The summed E-state index contributed by atoms with van der Waals surface area (Å²) in [5, 5.41) is 8.93. The number of halogens is 2. The Morgan fingerprint density at radius 3 is 2.60 bits per heavy atom. The Morgan fingerprint density at radius 1 is 1.25 bits per heavy atom. The molecule has 0 saturated carbocycles. The first-order valence-corrected chi connectivity index (χ1v) is 6.84. The van der Waals surface area contributed by atoms with Crippen LogP contribution in [0.5, 0.6) is 0 Å². The van der Waals surface area contributed by atoms with Crippen LogP contribution >= 0.6 is 15.9 Å². The van der Waals surface area contributed by atoms with Crippen molar-refractivity contribution < 1.29 is 9.18 Å². The molecule has 1 atom stereocenters. The number of hydrogen-bond donors (Lipinski definition) is 0. The second kappa shape index (κ2) is 6.44. The van der Waals surface area contributed by atoms with E-state index in [0.29, 0.717) is 4.47 Å². The summed E-state index contributed by atoms with van der Waals surface area (Å²) < 4.78 is 13.9. The predicted molar refractivity (Wildman–Crippen MR) is 77.8 cm³/mol. The maximum absolute atomic E-state index is 13.3. The van der Waals surface area contributed by atoms with E-state index in [2.05, 4.69) is 15.9 Å². The molecule has 20 heavy (non-hydrogen) atoms. The van der Waals surface area contributed by atoms with Crippen molar-refractivity contribution in [2.24, 2.45) is 0 Å². The summed E-state index contributed by atoms with van der Waals surface area (Å²) in [4.78, 5) is 12.6.